The van der Waals surface area contributed by atoms with E-state index in [1.54, 1.807) is 10.5 Å². The lowest BCUT2D eigenvalue weighted by molar-refractivity contribution is 1.07. The van der Waals surface area contributed by atoms with E-state index in [4.69, 9.17) is 11.6 Å². The standard InChI is InChI=1S/C17H13ClN2O/c1-2-10-3-6-15-11(7-10)8-16-13-5-4-12(18)9-14(13)19-17(21)20(15)16/h3-9H,2H2,1H3,(H,19,21). The lowest BCUT2D eigenvalue weighted by atomic mass is 10.1. The first-order chi connectivity index (χ1) is 10.2. The maximum atomic E-state index is 12.4. The van der Waals surface area contributed by atoms with Gasteiger partial charge in [0.05, 0.1) is 16.6 Å². The van der Waals surface area contributed by atoms with Gasteiger partial charge in [-0.25, -0.2) is 4.79 Å². The van der Waals surface area contributed by atoms with Gasteiger partial charge in [-0.1, -0.05) is 24.6 Å². The average Bonchev–Trinajstić information content (AvgIpc) is 2.85. The van der Waals surface area contributed by atoms with E-state index in [9.17, 15) is 4.79 Å². The number of fused-ring (bicyclic) bond motifs is 5. The molecule has 0 bridgehead atoms. The second-order valence-corrected chi connectivity index (χ2v) is 5.67. The normalized spacial score (nSPS) is 11.7. The molecule has 0 saturated carbocycles. The summed E-state index contributed by atoms with van der Waals surface area (Å²) in [6, 6.07) is 13.9. The molecule has 0 spiro atoms. The van der Waals surface area contributed by atoms with Gasteiger partial charge < -0.3 is 4.98 Å². The molecule has 4 aromatic rings. The molecule has 2 aromatic carbocycles. The SMILES string of the molecule is CCc1ccc2c(c1)cc1c3ccc(Cl)cc3[nH]c(=O)n21. The third-order valence-corrected chi connectivity index (χ3v) is 4.21. The monoisotopic (exact) mass is 296 g/mol. The van der Waals surface area contributed by atoms with E-state index >= 15 is 0 Å². The Morgan fingerprint density at radius 1 is 1.10 bits per heavy atom. The van der Waals surface area contributed by atoms with Gasteiger partial charge in [-0.05, 0) is 48.4 Å². The number of rotatable bonds is 1. The lowest BCUT2D eigenvalue weighted by Crippen LogP contribution is -2.15. The van der Waals surface area contributed by atoms with E-state index in [1.807, 2.05) is 18.2 Å². The molecule has 0 atom stereocenters. The van der Waals surface area contributed by atoms with Crippen molar-refractivity contribution in [2.45, 2.75) is 13.3 Å². The fourth-order valence-electron chi connectivity index (χ4n) is 2.92. The molecule has 104 valence electrons. The van der Waals surface area contributed by atoms with Crippen LogP contribution in [0.25, 0.3) is 27.3 Å². The van der Waals surface area contributed by atoms with Crippen LogP contribution in [0.1, 0.15) is 12.5 Å². The van der Waals surface area contributed by atoms with Crippen LogP contribution in [0.3, 0.4) is 0 Å². The minimum Gasteiger partial charge on any atom is -0.306 e. The predicted molar refractivity (Wildman–Crippen MR) is 87.4 cm³/mol. The molecule has 0 amide bonds. The largest absolute Gasteiger partial charge is 0.331 e. The average molecular weight is 297 g/mol. The number of hydrogen-bond donors (Lipinski definition) is 1. The fraction of sp³-hybridized carbons (Fsp3) is 0.118. The van der Waals surface area contributed by atoms with Crippen LogP contribution in [0.5, 0.6) is 0 Å². The molecular weight excluding hydrogens is 284 g/mol. The summed E-state index contributed by atoms with van der Waals surface area (Å²) >= 11 is 6.01. The Labute approximate surface area is 125 Å². The topological polar surface area (TPSA) is 37.3 Å². The number of nitrogens with zero attached hydrogens (tertiary/aromatic N) is 1. The van der Waals surface area contributed by atoms with Crippen molar-refractivity contribution in [3.63, 3.8) is 0 Å². The summed E-state index contributed by atoms with van der Waals surface area (Å²) in [6.45, 7) is 2.13. The van der Waals surface area contributed by atoms with Crippen LogP contribution in [-0.4, -0.2) is 9.38 Å². The first-order valence-electron chi connectivity index (χ1n) is 6.93. The van der Waals surface area contributed by atoms with Gasteiger partial charge in [-0.3, -0.25) is 4.40 Å². The van der Waals surface area contributed by atoms with Gasteiger partial charge in [-0.2, -0.15) is 0 Å². The van der Waals surface area contributed by atoms with E-state index in [0.29, 0.717) is 5.02 Å². The molecule has 0 aliphatic carbocycles. The van der Waals surface area contributed by atoms with E-state index in [-0.39, 0.29) is 5.69 Å². The van der Waals surface area contributed by atoms with Crippen LogP contribution < -0.4 is 5.69 Å². The second kappa shape index (κ2) is 4.37. The maximum absolute atomic E-state index is 12.4. The molecular formula is C17H13ClN2O. The molecule has 0 unspecified atom stereocenters. The number of nitrogens with one attached hydrogen (secondary N) is 1. The highest BCUT2D eigenvalue weighted by molar-refractivity contribution is 6.31. The molecule has 2 heterocycles. The summed E-state index contributed by atoms with van der Waals surface area (Å²) in [5.74, 6) is 0. The third kappa shape index (κ3) is 1.78. The van der Waals surface area contributed by atoms with Crippen LogP contribution in [0.15, 0.2) is 47.3 Å². The van der Waals surface area contributed by atoms with E-state index in [1.165, 1.54) is 5.56 Å². The van der Waals surface area contributed by atoms with Gasteiger partial charge in [0.25, 0.3) is 0 Å². The molecule has 2 aromatic heterocycles. The highest BCUT2D eigenvalue weighted by atomic mass is 35.5. The Bertz CT molecular complexity index is 1060. The molecule has 0 saturated heterocycles. The summed E-state index contributed by atoms with van der Waals surface area (Å²) in [7, 11) is 0. The van der Waals surface area contributed by atoms with E-state index < -0.39 is 0 Å². The number of halogens is 1. The fourth-order valence-corrected chi connectivity index (χ4v) is 3.09. The van der Waals surface area contributed by atoms with Crippen LogP contribution in [0.2, 0.25) is 5.02 Å². The molecule has 21 heavy (non-hydrogen) atoms. The van der Waals surface area contributed by atoms with Crippen molar-refractivity contribution >= 4 is 38.9 Å². The Hall–Kier alpha value is -2.26. The van der Waals surface area contributed by atoms with Crippen molar-refractivity contribution in [3.8, 4) is 0 Å². The second-order valence-electron chi connectivity index (χ2n) is 5.23. The van der Waals surface area contributed by atoms with Gasteiger partial charge >= 0.3 is 5.69 Å². The lowest BCUT2D eigenvalue weighted by Gasteiger charge is -2.03. The number of hydrogen-bond acceptors (Lipinski definition) is 1. The maximum Gasteiger partial charge on any atom is 0.331 e. The van der Waals surface area contributed by atoms with Crippen molar-refractivity contribution in [2.24, 2.45) is 0 Å². The minimum atomic E-state index is -0.140. The zero-order chi connectivity index (χ0) is 14.6. The van der Waals surface area contributed by atoms with Crippen LogP contribution in [-0.2, 0) is 6.42 Å². The van der Waals surface area contributed by atoms with Gasteiger partial charge in [-0.15, -0.1) is 0 Å². The zero-order valence-corrected chi connectivity index (χ0v) is 12.2. The summed E-state index contributed by atoms with van der Waals surface area (Å²) in [5.41, 5.74) is 3.73. The van der Waals surface area contributed by atoms with Crippen molar-refractivity contribution in [3.05, 3.63) is 63.5 Å². The summed E-state index contributed by atoms with van der Waals surface area (Å²) in [4.78, 5) is 15.3. The summed E-state index contributed by atoms with van der Waals surface area (Å²) < 4.78 is 1.73. The number of aryl methyl sites for hydroxylation is 1. The van der Waals surface area contributed by atoms with Crippen molar-refractivity contribution in [1.29, 1.82) is 0 Å². The quantitative estimate of drug-likeness (QED) is 0.563. The van der Waals surface area contributed by atoms with E-state index in [2.05, 4.69) is 30.1 Å². The minimum absolute atomic E-state index is 0.140. The number of H-pyrrole nitrogens is 1. The first-order valence-corrected chi connectivity index (χ1v) is 7.31. The number of aromatic nitrogens is 2. The van der Waals surface area contributed by atoms with Crippen LogP contribution in [0, 0.1) is 0 Å². The molecule has 1 N–H and O–H groups in total. The summed E-state index contributed by atoms with van der Waals surface area (Å²) in [6.07, 6.45) is 0.981. The van der Waals surface area contributed by atoms with Crippen LogP contribution >= 0.6 is 11.6 Å². The molecule has 0 radical (unpaired) electrons. The van der Waals surface area contributed by atoms with Gasteiger partial charge in [0, 0.05) is 15.8 Å². The van der Waals surface area contributed by atoms with Gasteiger partial charge in [0.1, 0.15) is 0 Å². The highest BCUT2D eigenvalue weighted by Gasteiger charge is 2.10. The Balaban J connectivity index is 2.25. The molecule has 0 fully saturated rings. The highest BCUT2D eigenvalue weighted by Crippen LogP contribution is 2.26. The first kappa shape index (κ1) is 12.5. The molecule has 0 aliphatic heterocycles. The number of aromatic amines is 1. The van der Waals surface area contributed by atoms with Crippen molar-refractivity contribution < 1.29 is 0 Å². The molecule has 3 nitrogen and oxygen atoms in total. The zero-order valence-electron chi connectivity index (χ0n) is 11.5. The molecule has 4 heteroatoms. The van der Waals surface area contributed by atoms with Crippen molar-refractivity contribution in [2.75, 3.05) is 0 Å². The third-order valence-electron chi connectivity index (χ3n) is 3.98. The number of benzene rings is 2. The molecule has 4 rings (SSSR count). The Kier molecular flexibility index (Phi) is 2.59. The Morgan fingerprint density at radius 2 is 1.95 bits per heavy atom. The van der Waals surface area contributed by atoms with Crippen molar-refractivity contribution in [1.82, 2.24) is 9.38 Å². The van der Waals surface area contributed by atoms with Gasteiger partial charge in [0.15, 0.2) is 0 Å². The smallest absolute Gasteiger partial charge is 0.306 e. The molecule has 0 aliphatic rings. The van der Waals surface area contributed by atoms with Gasteiger partial charge in [0.2, 0.25) is 0 Å². The summed E-state index contributed by atoms with van der Waals surface area (Å²) in [5, 5.41) is 2.70. The van der Waals surface area contributed by atoms with Crippen LogP contribution in [0.4, 0.5) is 0 Å². The predicted octanol–water partition coefficient (Wildman–Crippen LogP) is 4.15. The van der Waals surface area contributed by atoms with E-state index in [0.717, 1.165) is 33.7 Å². The Morgan fingerprint density at radius 3 is 2.76 bits per heavy atom.